The number of esters is 1. The number of hydrogen-bond acceptors (Lipinski definition) is 8. The molecule has 0 bridgehead atoms. The molecule has 3 rings (SSSR count). The molecule has 1 aliphatic heterocycles. The van der Waals surface area contributed by atoms with Crippen LogP contribution in [0.25, 0.3) is 0 Å². The van der Waals surface area contributed by atoms with Gasteiger partial charge in [0.1, 0.15) is 0 Å². The molecule has 0 aliphatic carbocycles. The van der Waals surface area contributed by atoms with Crippen molar-refractivity contribution < 1.29 is 32.0 Å². The van der Waals surface area contributed by atoms with Crippen molar-refractivity contribution in [1.82, 2.24) is 9.21 Å². The first kappa shape index (κ1) is 24.4. The number of furan rings is 1. The highest BCUT2D eigenvalue weighted by molar-refractivity contribution is 7.89. The van der Waals surface area contributed by atoms with Crippen LogP contribution in [0.4, 0.5) is 11.4 Å². The topological polar surface area (TPSA) is 138 Å². The summed E-state index contributed by atoms with van der Waals surface area (Å²) in [6, 6.07) is 9.24. The van der Waals surface area contributed by atoms with Crippen LogP contribution in [-0.4, -0.2) is 74.7 Å². The maximum absolute atomic E-state index is 12.8. The van der Waals surface area contributed by atoms with E-state index in [1.165, 1.54) is 23.4 Å². The molecule has 0 unspecified atom stereocenters. The van der Waals surface area contributed by atoms with E-state index in [1.54, 1.807) is 31.2 Å². The number of carbonyl (C=O) groups excluding carboxylic acids is 3. The lowest BCUT2D eigenvalue weighted by Crippen LogP contribution is -2.50. The van der Waals surface area contributed by atoms with E-state index in [4.69, 9.17) is 9.15 Å². The number of piperazine rings is 1. The minimum atomic E-state index is -3.90. The minimum absolute atomic E-state index is 0.106. The highest BCUT2D eigenvalue weighted by Gasteiger charge is 2.32. The highest BCUT2D eigenvalue weighted by Crippen LogP contribution is 2.21. The summed E-state index contributed by atoms with van der Waals surface area (Å²) in [6.07, 6.45) is 0. The van der Waals surface area contributed by atoms with E-state index in [0.717, 1.165) is 0 Å². The fraction of sp³-hybridized carbons (Fsp3) is 0.381. The third-order valence-electron chi connectivity index (χ3n) is 4.84. The number of carbonyl (C=O) groups is 3. The van der Waals surface area contributed by atoms with Crippen molar-refractivity contribution in [1.29, 1.82) is 0 Å². The van der Waals surface area contributed by atoms with Gasteiger partial charge in [0.25, 0.3) is 10.0 Å². The number of anilines is 2. The summed E-state index contributed by atoms with van der Waals surface area (Å²) in [6.45, 7) is 4.39. The van der Waals surface area contributed by atoms with Gasteiger partial charge in [0.2, 0.25) is 22.7 Å². The average molecular weight is 479 g/mol. The van der Waals surface area contributed by atoms with Gasteiger partial charge in [0.05, 0.1) is 13.2 Å². The van der Waals surface area contributed by atoms with Crippen LogP contribution in [0.3, 0.4) is 0 Å². The number of nitrogens with zero attached hydrogens (tertiary/aromatic N) is 2. The van der Waals surface area contributed by atoms with Crippen LogP contribution < -0.4 is 10.6 Å². The summed E-state index contributed by atoms with van der Waals surface area (Å²) in [4.78, 5) is 37.0. The summed E-state index contributed by atoms with van der Waals surface area (Å²) < 4.78 is 36.9. The SMILES string of the molecule is CCOC(=O)c1ccc(S(=O)(=O)N2CCN(CC(=O)Nc3ccc(NC(C)=O)cc3)CC2)o1. The van der Waals surface area contributed by atoms with Crippen molar-refractivity contribution >= 4 is 39.2 Å². The Morgan fingerprint density at radius 3 is 2.15 bits per heavy atom. The molecule has 1 fully saturated rings. The van der Waals surface area contributed by atoms with Gasteiger partial charge in [0.15, 0.2) is 0 Å². The predicted molar refractivity (Wildman–Crippen MR) is 119 cm³/mol. The maximum atomic E-state index is 12.8. The Labute approximate surface area is 191 Å². The van der Waals surface area contributed by atoms with Gasteiger partial charge < -0.3 is 19.8 Å². The van der Waals surface area contributed by atoms with Crippen molar-refractivity contribution in [2.24, 2.45) is 0 Å². The first-order valence-electron chi connectivity index (χ1n) is 10.4. The predicted octanol–water partition coefficient (Wildman–Crippen LogP) is 1.36. The molecule has 0 spiro atoms. The van der Waals surface area contributed by atoms with E-state index in [9.17, 15) is 22.8 Å². The summed E-state index contributed by atoms with van der Waals surface area (Å²) in [7, 11) is -3.90. The largest absolute Gasteiger partial charge is 0.460 e. The van der Waals surface area contributed by atoms with Gasteiger partial charge in [-0.2, -0.15) is 4.31 Å². The second-order valence-corrected chi connectivity index (χ2v) is 9.19. The Morgan fingerprint density at radius 1 is 0.970 bits per heavy atom. The van der Waals surface area contributed by atoms with Crippen LogP contribution in [0.5, 0.6) is 0 Å². The maximum Gasteiger partial charge on any atom is 0.374 e. The number of rotatable bonds is 8. The number of benzene rings is 1. The zero-order valence-electron chi connectivity index (χ0n) is 18.4. The Balaban J connectivity index is 1.50. The van der Waals surface area contributed by atoms with E-state index < -0.39 is 16.0 Å². The number of amides is 2. The lowest BCUT2D eigenvalue weighted by Gasteiger charge is -2.32. The molecule has 2 N–H and O–H groups in total. The van der Waals surface area contributed by atoms with Gasteiger partial charge in [-0.15, -0.1) is 0 Å². The van der Waals surface area contributed by atoms with Crippen molar-refractivity contribution in [3.63, 3.8) is 0 Å². The smallest absolute Gasteiger partial charge is 0.374 e. The van der Waals surface area contributed by atoms with E-state index in [-0.39, 0.29) is 48.9 Å². The Bertz CT molecular complexity index is 1100. The fourth-order valence-electron chi connectivity index (χ4n) is 3.27. The summed E-state index contributed by atoms with van der Waals surface area (Å²) in [5, 5.41) is 5.11. The van der Waals surface area contributed by atoms with E-state index in [1.807, 2.05) is 4.90 Å². The Morgan fingerprint density at radius 2 is 1.58 bits per heavy atom. The van der Waals surface area contributed by atoms with Crippen LogP contribution in [0.1, 0.15) is 24.4 Å². The molecule has 178 valence electrons. The van der Waals surface area contributed by atoms with E-state index in [2.05, 4.69) is 10.6 Å². The summed E-state index contributed by atoms with van der Waals surface area (Å²) in [5.41, 5.74) is 1.22. The summed E-state index contributed by atoms with van der Waals surface area (Å²) in [5.74, 6) is -1.31. The van der Waals surface area contributed by atoms with Crippen LogP contribution in [0, 0.1) is 0 Å². The standard InChI is InChI=1S/C21H26N4O7S/c1-3-31-21(28)18-8-9-20(32-18)33(29,30)25-12-10-24(11-13-25)14-19(27)23-17-6-4-16(5-7-17)22-15(2)26/h4-9H,3,10-14H2,1-2H3,(H,22,26)(H,23,27). The Kier molecular flexibility index (Phi) is 7.84. The van der Waals surface area contributed by atoms with Gasteiger partial charge in [-0.25, -0.2) is 13.2 Å². The molecule has 1 aliphatic rings. The fourth-order valence-corrected chi connectivity index (χ4v) is 4.60. The van der Waals surface area contributed by atoms with E-state index in [0.29, 0.717) is 24.5 Å². The highest BCUT2D eigenvalue weighted by atomic mass is 32.2. The molecule has 2 aromatic rings. The van der Waals surface area contributed by atoms with Crippen molar-refractivity contribution in [3.05, 3.63) is 42.2 Å². The lowest BCUT2D eigenvalue weighted by molar-refractivity contribution is -0.117. The number of ether oxygens (including phenoxy) is 1. The summed E-state index contributed by atoms with van der Waals surface area (Å²) >= 11 is 0. The number of hydrogen-bond donors (Lipinski definition) is 2. The molecule has 12 heteroatoms. The zero-order chi connectivity index (χ0) is 24.0. The van der Waals surface area contributed by atoms with Gasteiger partial charge in [-0.05, 0) is 43.3 Å². The van der Waals surface area contributed by atoms with Gasteiger partial charge in [-0.1, -0.05) is 0 Å². The normalized spacial score (nSPS) is 15.1. The third-order valence-corrected chi connectivity index (χ3v) is 6.61. The molecule has 2 heterocycles. The molecule has 0 atom stereocenters. The van der Waals surface area contributed by atoms with Crippen LogP contribution in [0.2, 0.25) is 0 Å². The average Bonchev–Trinajstić information content (AvgIpc) is 3.27. The molecule has 11 nitrogen and oxygen atoms in total. The lowest BCUT2D eigenvalue weighted by atomic mass is 10.2. The second-order valence-electron chi connectivity index (χ2n) is 7.33. The zero-order valence-corrected chi connectivity index (χ0v) is 19.2. The Hall–Kier alpha value is -3.22. The molecular formula is C21H26N4O7S. The first-order valence-corrected chi connectivity index (χ1v) is 11.8. The third kappa shape index (κ3) is 6.40. The monoisotopic (exact) mass is 478 g/mol. The van der Waals surface area contributed by atoms with Crippen LogP contribution >= 0.6 is 0 Å². The van der Waals surface area contributed by atoms with Gasteiger partial charge in [0, 0.05) is 44.5 Å². The first-order chi connectivity index (χ1) is 15.7. The van der Waals surface area contributed by atoms with Crippen LogP contribution in [0.15, 0.2) is 45.9 Å². The molecule has 1 aromatic heterocycles. The van der Waals surface area contributed by atoms with Crippen molar-refractivity contribution in [2.75, 3.05) is 50.0 Å². The van der Waals surface area contributed by atoms with E-state index >= 15 is 0 Å². The van der Waals surface area contributed by atoms with Crippen molar-refractivity contribution in [3.8, 4) is 0 Å². The molecule has 1 aromatic carbocycles. The van der Waals surface area contributed by atoms with Crippen molar-refractivity contribution in [2.45, 2.75) is 18.9 Å². The molecular weight excluding hydrogens is 452 g/mol. The quantitative estimate of drug-likeness (QED) is 0.543. The number of nitrogens with one attached hydrogen (secondary N) is 2. The molecule has 1 saturated heterocycles. The minimum Gasteiger partial charge on any atom is -0.460 e. The molecule has 2 amide bonds. The van der Waals surface area contributed by atoms with Crippen LogP contribution in [-0.2, 0) is 24.3 Å². The van der Waals surface area contributed by atoms with Gasteiger partial charge >= 0.3 is 5.97 Å². The number of sulfonamides is 1. The second kappa shape index (κ2) is 10.6. The molecule has 0 radical (unpaired) electrons. The molecule has 0 saturated carbocycles. The molecule has 33 heavy (non-hydrogen) atoms. The van der Waals surface area contributed by atoms with Gasteiger partial charge in [-0.3, -0.25) is 14.5 Å².